The molecule has 0 aliphatic carbocycles. The lowest BCUT2D eigenvalue weighted by Gasteiger charge is -2.04. The van der Waals surface area contributed by atoms with E-state index >= 15 is 0 Å². The van der Waals surface area contributed by atoms with Crippen molar-refractivity contribution < 1.29 is 21.9 Å². The maximum Gasteiger partial charge on any atom is 0.273 e. The smallest absolute Gasteiger partial charge is 0.270 e. The first-order valence-corrected chi connectivity index (χ1v) is 6.23. The molecule has 6 nitrogen and oxygen atoms in total. The van der Waals surface area contributed by atoms with Crippen LogP contribution in [0.3, 0.4) is 0 Å². The summed E-state index contributed by atoms with van der Waals surface area (Å²) in [5.41, 5.74) is -0.682. The van der Waals surface area contributed by atoms with E-state index in [2.05, 4.69) is 4.18 Å². The van der Waals surface area contributed by atoms with Gasteiger partial charge in [0.25, 0.3) is 15.8 Å². The Labute approximate surface area is 97.3 Å². The Morgan fingerprint density at radius 1 is 1.47 bits per heavy atom. The van der Waals surface area contributed by atoms with Crippen LogP contribution >= 0.6 is 0 Å². The predicted octanol–water partition coefficient (Wildman–Crippen LogP) is 1.60. The highest BCUT2D eigenvalue weighted by Crippen LogP contribution is 2.22. The minimum atomic E-state index is -3.93. The Kier molecular flexibility index (Phi) is 4.13. The molecule has 0 spiro atoms. The van der Waals surface area contributed by atoms with Crippen molar-refractivity contribution in [1.29, 1.82) is 0 Å². The molecule has 0 saturated heterocycles. The molecular weight excluding hydrogens is 253 g/mol. The third-order valence-electron chi connectivity index (χ3n) is 1.87. The Hall–Kier alpha value is -1.54. The second kappa shape index (κ2) is 5.19. The molecule has 0 amide bonds. The van der Waals surface area contributed by atoms with E-state index in [1.165, 1.54) is 6.92 Å². The molecule has 1 aromatic carbocycles. The van der Waals surface area contributed by atoms with Gasteiger partial charge in [0.1, 0.15) is 11.6 Å². The molecule has 0 aliphatic heterocycles. The van der Waals surface area contributed by atoms with E-state index in [0.717, 1.165) is 18.2 Å². The van der Waals surface area contributed by atoms with Gasteiger partial charge < -0.3 is 0 Å². The fourth-order valence-electron chi connectivity index (χ4n) is 1.26. The van der Waals surface area contributed by atoms with Crippen LogP contribution in [0.25, 0.3) is 0 Å². The van der Waals surface area contributed by atoms with Crippen molar-refractivity contribution in [3.05, 3.63) is 39.7 Å². The summed E-state index contributed by atoms with van der Waals surface area (Å²) in [5.74, 6) is -1.47. The monoisotopic (exact) mass is 263 g/mol. The van der Waals surface area contributed by atoms with Crippen molar-refractivity contribution in [1.82, 2.24) is 0 Å². The highest BCUT2D eigenvalue weighted by Gasteiger charge is 2.21. The number of benzene rings is 1. The van der Waals surface area contributed by atoms with Gasteiger partial charge >= 0.3 is 0 Å². The summed E-state index contributed by atoms with van der Waals surface area (Å²) in [6.07, 6.45) is 0. The van der Waals surface area contributed by atoms with E-state index < -0.39 is 32.3 Å². The molecule has 0 heterocycles. The Balaban J connectivity index is 3.13. The lowest BCUT2D eigenvalue weighted by Crippen LogP contribution is -2.10. The third-order valence-corrected chi connectivity index (χ3v) is 3.13. The summed E-state index contributed by atoms with van der Waals surface area (Å²) in [6.45, 7) is 1.39. The van der Waals surface area contributed by atoms with Crippen LogP contribution in [0.1, 0.15) is 12.5 Å². The van der Waals surface area contributed by atoms with Crippen molar-refractivity contribution in [3.63, 3.8) is 0 Å². The van der Waals surface area contributed by atoms with Crippen LogP contribution in [0.15, 0.2) is 18.2 Å². The Morgan fingerprint density at radius 2 is 2.12 bits per heavy atom. The SMILES string of the molecule is CCOS(=O)(=O)Cc1cc(F)ccc1[N+](=O)[O-]. The molecule has 0 atom stereocenters. The second-order valence-corrected chi connectivity index (χ2v) is 4.78. The molecule has 17 heavy (non-hydrogen) atoms. The molecule has 1 aromatic rings. The minimum Gasteiger partial charge on any atom is -0.270 e. The first kappa shape index (κ1) is 13.5. The second-order valence-electron chi connectivity index (χ2n) is 3.14. The van der Waals surface area contributed by atoms with Gasteiger partial charge in [0, 0.05) is 6.07 Å². The number of rotatable bonds is 5. The van der Waals surface area contributed by atoms with Gasteiger partial charge in [-0.2, -0.15) is 8.42 Å². The van der Waals surface area contributed by atoms with Gasteiger partial charge in [0.05, 0.1) is 17.1 Å². The van der Waals surface area contributed by atoms with E-state index in [0.29, 0.717) is 0 Å². The molecule has 1 rings (SSSR count). The minimum absolute atomic E-state index is 0.0779. The summed E-state index contributed by atoms with van der Waals surface area (Å²) >= 11 is 0. The van der Waals surface area contributed by atoms with Crippen molar-refractivity contribution in [2.24, 2.45) is 0 Å². The van der Waals surface area contributed by atoms with Crippen LogP contribution in [0.5, 0.6) is 0 Å². The molecule has 0 aromatic heterocycles. The highest BCUT2D eigenvalue weighted by molar-refractivity contribution is 7.85. The summed E-state index contributed by atoms with van der Waals surface area (Å²) < 4.78 is 40.0. The van der Waals surface area contributed by atoms with E-state index in [-0.39, 0.29) is 12.2 Å². The predicted molar refractivity (Wildman–Crippen MR) is 57.3 cm³/mol. The molecule has 0 radical (unpaired) electrons. The van der Waals surface area contributed by atoms with Gasteiger partial charge in [-0.1, -0.05) is 0 Å². The average molecular weight is 263 g/mol. The molecule has 0 unspecified atom stereocenters. The summed E-state index contributed by atoms with van der Waals surface area (Å²) in [7, 11) is -3.93. The van der Waals surface area contributed by atoms with Crippen LogP contribution in [0.4, 0.5) is 10.1 Å². The van der Waals surface area contributed by atoms with Crippen LogP contribution in [0.2, 0.25) is 0 Å². The van der Waals surface area contributed by atoms with Crippen LogP contribution < -0.4 is 0 Å². The Bertz CT molecular complexity index is 528. The molecule has 0 saturated carbocycles. The van der Waals surface area contributed by atoms with Crippen LogP contribution in [-0.2, 0) is 20.1 Å². The topological polar surface area (TPSA) is 86.5 Å². The summed E-state index contributed by atoms with van der Waals surface area (Å²) in [4.78, 5) is 9.86. The van der Waals surface area contributed by atoms with Crippen molar-refractivity contribution in [2.45, 2.75) is 12.7 Å². The Morgan fingerprint density at radius 3 is 2.65 bits per heavy atom. The number of hydrogen-bond donors (Lipinski definition) is 0. The maximum absolute atomic E-state index is 12.9. The average Bonchev–Trinajstić information content (AvgIpc) is 2.15. The zero-order valence-corrected chi connectivity index (χ0v) is 9.74. The molecule has 0 aliphatic rings. The zero-order chi connectivity index (χ0) is 13.1. The molecular formula is C9H10FNO5S. The van der Waals surface area contributed by atoms with Gasteiger partial charge in [0.2, 0.25) is 0 Å². The van der Waals surface area contributed by atoms with Gasteiger partial charge in [-0.25, -0.2) is 4.39 Å². The lowest BCUT2D eigenvalue weighted by molar-refractivity contribution is -0.385. The number of hydrogen-bond acceptors (Lipinski definition) is 5. The quantitative estimate of drug-likeness (QED) is 0.457. The third kappa shape index (κ3) is 3.75. The normalized spacial score (nSPS) is 11.4. The number of halogens is 1. The molecule has 0 bridgehead atoms. The number of nitro benzene ring substituents is 1. The first-order valence-electron chi connectivity index (χ1n) is 4.65. The fourth-order valence-corrected chi connectivity index (χ4v) is 2.31. The van der Waals surface area contributed by atoms with E-state index in [9.17, 15) is 22.9 Å². The standard InChI is InChI=1S/C9H10FNO5S/c1-2-16-17(14,15)6-7-5-8(10)3-4-9(7)11(12)13/h3-5H,2,6H2,1H3. The fraction of sp³-hybridized carbons (Fsp3) is 0.333. The van der Waals surface area contributed by atoms with E-state index in [1.54, 1.807) is 0 Å². The van der Waals surface area contributed by atoms with Crippen LogP contribution in [-0.4, -0.2) is 19.9 Å². The van der Waals surface area contributed by atoms with E-state index in [1.807, 2.05) is 0 Å². The van der Waals surface area contributed by atoms with Gasteiger partial charge in [0.15, 0.2) is 0 Å². The molecule has 0 fully saturated rings. The lowest BCUT2D eigenvalue weighted by atomic mass is 10.2. The van der Waals surface area contributed by atoms with Crippen LogP contribution in [0, 0.1) is 15.9 Å². The van der Waals surface area contributed by atoms with Gasteiger partial charge in [-0.15, -0.1) is 0 Å². The molecule has 0 N–H and O–H groups in total. The largest absolute Gasteiger partial charge is 0.273 e. The highest BCUT2D eigenvalue weighted by atomic mass is 32.2. The van der Waals surface area contributed by atoms with Gasteiger partial charge in [-0.05, 0) is 19.1 Å². The van der Waals surface area contributed by atoms with Crippen molar-refractivity contribution in [2.75, 3.05) is 6.61 Å². The van der Waals surface area contributed by atoms with Gasteiger partial charge in [-0.3, -0.25) is 14.3 Å². The van der Waals surface area contributed by atoms with E-state index in [4.69, 9.17) is 0 Å². The summed E-state index contributed by atoms with van der Waals surface area (Å²) in [6, 6.07) is 2.63. The van der Waals surface area contributed by atoms with Crippen molar-refractivity contribution >= 4 is 15.8 Å². The summed E-state index contributed by atoms with van der Waals surface area (Å²) in [5, 5.41) is 10.6. The molecule has 94 valence electrons. The zero-order valence-electron chi connectivity index (χ0n) is 8.92. The molecule has 8 heteroatoms. The first-order chi connectivity index (χ1) is 7.85. The van der Waals surface area contributed by atoms with Crippen molar-refractivity contribution in [3.8, 4) is 0 Å². The number of nitro groups is 1. The number of nitrogens with zero attached hydrogens (tertiary/aromatic N) is 1. The maximum atomic E-state index is 12.9.